The van der Waals surface area contributed by atoms with Gasteiger partial charge in [0.25, 0.3) is 0 Å². The molecule has 0 saturated carbocycles. The number of nitrogens with zero attached hydrogens (tertiary/aromatic N) is 1. The molecule has 1 N–H and O–H groups in total. The summed E-state index contributed by atoms with van der Waals surface area (Å²) in [5, 5.41) is 3.75. The molecule has 0 radical (unpaired) electrons. The van der Waals surface area contributed by atoms with Crippen molar-refractivity contribution >= 4 is 34.8 Å². The van der Waals surface area contributed by atoms with Gasteiger partial charge in [0.2, 0.25) is 5.91 Å². The quantitative estimate of drug-likeness (QED) is 0.749. The van der Waals surface area contributed by atoms with Gasteiger partial charge in [-0.2, -0.15) is 0 Å². The number of likely N-dealkylation sites (N-methyl/N-ethyl adjacent to an activating group) is 1. The lowest BCUT2D eigenvalue weighted by Crippen LogP contribution is -2.39. The molecule has 0 aliphatic rings. The van der Waals surface area contributed by atoms with Crippen LogP contribution >= 0.6 is 23.2 Å². The zero-order valence-corrected chi connectivity index (χ0v) is 16.7. The van der Waals surface area contributed by atoms with E-state index in [1.165, 1.54) is 0 Å². The Bertz CT molecular complexity index is 783. The molecule has 1 atom stereocenters. The summed E-state index contributed by atoms with van der Waals surface area (Å²) in [4.78, 5) is 14.4. The first-order valence-corrected chi connectivity index (χ1v) is 8.78. The Balaban J connectivity index is 2.04. The van der Waals surface area contributed by atoms with Gasteiger partial charge >= 0.3 is 0 Å². The van der Waals surface area contributed by atoms with Crippen molar-refractivity contribution in [2.24, 2.45) is 0 Å². The van der Waals surface area contributed by atoms with Crippen molar-refractivity contribution in [3.8, 4) is 11.5 Å². The van der Waals surface area contributed by atoms with Gasteiger partial charge in [0, 0.05) is 11.6 Å². The fraction of sp³-hybridized carbons (Fsp3) is 0.316. The zero-order valence-electron chi connectivity index (χ0n) is 15.2. The van der Waals surface area contributed by atoms with Crippen LogP contribution in [0.25, 0.3) is 0 Å². The number of benzene rings is 2. The van der Waals surface area contributed by atoms with E-state index in [9.17, 15) is 4.79 Å². The number of carbonyl (C=O) groups is 1. The smallest absolute Gasteiger partial charge is 0.241 e. The molecular formula is C19H22Cl2N2O3. The van der Waals surface area contributed by atoms with E-state index in [0.29, 0.717) is 33.8 Å². The van der Waals surface area contributed by atoms with Crippen LogP contribution in [0.2, 0.25) is 10.0 Å². The van der Waals surface area contributed by atoms with Crippen LogP contribution in [0.4, 0.5) is 5.69 Å². The average Bonchev–Trinajstić information content (AvgIpc) is 2.63. The fourth-order valence-corrected chi connectivity index (χ4v) is 2.89. The SMILES string of the molecule is COc1ccc(CN(C)[C@@H](C)C(=O)Nc2ccc(Cl)cc2Cl)cc1OC. The number of carbonyl (C=O) groups excluding carboxylic acids is 1. The second-order valence-electron chi connectivity index (χ2n) is 5.89. The molecule has 2 aromatic rings. The zero-order chi connectivity index (χ0) is 19.3. The van der Waals surface area contributed by atoms with E-state index >= 15 is 0 Å². The molecule has 2 aromatic carbocycles. The minimum atomic E-state index is -0.366. The van der Waals surface area contributed by atoms with Crippen LogP contribution in [0, 0.1) is 0 Å². The molecule has 0 spiro atoms. The van der Waals surface area contributed by atoms with E-state index in [2.05, 4.69) is 5.32 Å². The van der Waals surface area contributed by atoms with Gasteiger partial charge in [0.15, 0.2) is 11.5 Å². The van der Waals surface area contributed by atoms with E-state index in [1.54, 1.807) is 32.4 Å². The molecule has 0 unspecified atom stereocenters. The molecule has 26 heavy (non-hydrogen) atoms. The maximum Gasteiger partial charge on any atom is 0.241 e. The Morgan fingerprint density at radius 2 is 1.81 bits per heavy atom. The number of rotatable bonds is 7. The van der Waals surface area contributed by atoms with Gasteiger partial charge in [-0.05, 0) is 49.9 Å². The van der Waals surface area contributed by atoms with Crippen molar-refractivity contribution in [3.63, 3.8) is 0 Å². The number of hydrogen-bond donors (Lipinski definition) is 1. The maximum absolute atomic E-state index is 12.5. The Labute approximate surface area is 163 Å². The number of amides is 1. The molecule has 7 heteroatoms. The van der Waals surface area contributed by atoms with Gasteiger partial charge in [-0.15, -0.1) is 0 Å². The van der Waals surface area contributed by atoms with Crippen LogP contribution in [-0.2, 0) is 11.3 Å². The van der Waals surface area contributed by atoms with Crippen LogP contribution < -0.4 is 14.8 Å². The number of halogens is 2. The van der Waals surface area contributed by atoms with Gasteiger partial charge in [-0.1, -0.05) is 29.3 Å². The number of hydrogen-bond acceptors (Lipinski definition) is 4. The van der Waals surface area contributed by atoms with Gasteiger partial charge < -0.3 is 14.8 Å². The topological polar surface area (TPSA) is 50.8 Å². The van der Waals surface area contributed by atoms with Gasteiger partial charge in [0.05, 0.1) is 31.0 Å². The summed E-state index contributed by atoms with van der Waals surface area (Å²) in [7, 11) is 5.07. The molecule has 2 rings (SSSR count). The van der Waals surface area contributed by atoms with E-state index in [4.69, 9.17) is 32.7 Å². The first-order valence-electron chi connectivity index (χ1n) is 8.02. The van der Waals surface area contributed by atoms with Crippen molar-refractivity contribution in [1.29, 1.82) is 0 Å². The van der Waals surface area contributed by atoms with E-state index in [0.717, 1.165) is 5.56 Å². The third-order valence-electron chi connectivity index (χ3n) is 4.11. The van der Waals surface area contributed by atoms with Gasteiger partial charge in [0.1, 0.15) is 0 Å². The fourth-order valence-electron chi connectivity index (χ4n) is 2.43. The van der Waals surface area contributed by atoms with Gasteiger partial charge in [-0.3, -0.25) is 9.69 Å². The second kappa shape index (κ2) is 9.12. The highest BCUT2D eigenvalue weighted by atomic mass is 35.5. The van der Waals surface area contributed by atoms with Crippen molar-refractivity contribution < 1.29 is 14.3 Å². The van der Waals surface area contributed by atoms with Gasteiger partial charge in [-0.25, -0.2) is 0 Å². The Hall–Kier alpha value is -1.95. The van der Waals surface area contributed by atoms with Crippen molar-refractivity contribution in [2.45, 2.75) is 19.5 Å². The van der Waals surface area contributed by atoms with Crippen LogP contribution in [0.3, 0.4) is 0 Å². The molecule has 0 saturated heterocycles. The van der Waals surface area contributed by atoms with Crippen molar-refractivity contribution in [3.05, 3.63) is 52.0 Å². The summed E-state index contributed by atoms with van der Waals surface area (Å²) in [6.07, 6.45) is 0. The summed E-state index contributed by atoms with van der Waals surface area (Å²) in [6.45, 7) is 2.41. The monoisotopic (exact) mass is 396 g/mol. The standard InChI is InChI=1S/C19H22Cl2N2O3/c1-12(19(24)22-16-7-6-14(20)10-15(16)21)23(2)11-13-5-8-17(25-3)18(9-13)26-4/h5-10,12H,11H2,1-4H3,(H,22,24)/t12-/m0/s1. The van der Waals surface area contributed by atoms with E-state index in [1.807, 2.05) is 37.1 Å². The molecule has 0 heterocycles. The summed E-state index contributed by atoms with van der Waals surface area (Å²) in [6, 6.07) is 10.3. The first-order chi connectivity index (χ1) is 12.3. The number of methoxy groups -OCH3 is 2. The number of anilines is 1. The predicted octanol–water partition coefficient (Wildman–Crippen LogP) is 4.47. The molecule has 0 aromatic heterocycles. The molecule has 1 amide bonds. The van der Waals surface area contributed by atoms with Crippen molar-refractivity contribution in [1.82, 2.24) is 4.90 Å². The highest BCUT2D eigenvalue weighted by Crippen LogP contribution is 2.28. The van der Waals surface area contributed by atoms with Crippen LogP contribution in [0.15, 0.2) is 36.4 Å². The molecule has 5 nitrogen and oxygen atoms in total. The van der Waals surface area contributed by atoms with E-state index < -0.39 is 0 Å². The number of ether oxygens (including phenoxy) is 2. The number of nitrogens with one attached hydrogen (secondary N) is 1. The Morgan fingerprint density at radius 3 is 2.42 bits per heavy atom. The normalized spacial score (nSPS) is 12.0. The first kappa shape index (κ1) is 20.4. The summed E-state index contributed by atoms with van der Waals surface area (Å²) < 4.78 is 10.6. The predicted molar refractivity (Wildman–Crippen MR) is 106 cm³/mol. The van der Waals surface area contributed by atoms with Crippen LogP contribution in [-0.4, -0.2) is 38.1 Å². The molecule has 0 aliphatic heterocycles. The third-order valence-corrected chi connectivity index (χ3v) is 4.66. The minimum Gasteiger partial charge on any atom is -0.493 e. The largest absolute Gasteiger partial charge is 0.493 e. The lowest BCUT2D eigenvalue weighted by Gasteiger charge is -2.24. The Kier molecular flexibility index (Phi) is 7.14. The Morgan fingerprint density at radius 1 is 1.12 bits per heavy atom. The molecule has 0 fully saturated rings. The molecular weight excluding hydrogens is 375 g/mol. The van der Waals surface area contributed by atoms with Crippen LogP contribution in [0.1, 0.15) is 12.5 Å². The third kappa shape index (κ3) is 5.04. The minimum absolute atomic E-state index is 0.155. The maximum atomic E-state index is 12.5. The molecule has 0 aliphatic carbocycles. The highest BCUT2D eigenvalue weighted by Gasteiger charge is 2.19. The lowest BCUT2D eigenvalue weighted by atomic mass is 10.1. The summed E-state index contributed by atoms with van der Waals surface area (Å²) in [5.74, 6) is 1.17. The lowest BCUT2D eigenvalue weighted by molar-refractivity contribution is -0.120. The summed E-state index contributed by atoms with van der Waals surface area (Å²) in [5.41, 5.74) is 1.54. The average molecular weight is 397 g/mol. The van der Waals surface area contributed by atoms with Crippen LogP contribution in [0.5, 0.6) is 11.5 Å². The van der Waals surface area contributed by atoms with Crippen molar-refractivity contribution in [2.75, 3.05) is 26.6 Å². The molecule has 0 bridgehead atoms. The van der Waals surface area contributed by atoms with E-state index in [-0.39, 0.29) is 11.9 Å². The highest BCUT2D eigenvalue weighted by molar-refractivity contribution is 6.36. The summed E-state index contributed by atoms with van der Waals surface area (Å²) >= 11 is 12.0. The molecule has 140 valence electrons. The second-order valence-corrected chi connectivity index (χ2v) is 6.74.